The minimum Gasteiger partial charge on any atom is -0.497 e. The van der Waals surface area contributed by atoms with Gasteiger partial charge in [-0.05, 0) is 17.7 Å². The summed E-state index contributed by atoms with van der Waals surface area (Å²) in [4.78, 5) is 39.1. The monoisotopic (exact) mass is 456 g/mol. The lowest BCUT2D eigenvalue weighted by molar-refractivity contribution is -0.118. The number of ether oxygens (including phenoxy) is 2. The molecule has 0 aromatic heterocycles. The Morgan fingerprint density at radius 2 is 1.59 bits per heavy atom. The van der Waals surface area contributed by atoms with Gasteiger partial charge in [0, 0.05) is 29.7 Å². The van der Waals surface area contributed by atoms with Gasteiger partial charge in [0.1, 0.15) is 17.5 Å². The van der Waals surface area contributed by atoms with Crippen molar-refractivity contribution in [2.24, 2.45) is 0 Å². The van der Waals surface area contributed by atoms with Crippen LogP contribution in [0.15, 0.2) is 84.6 Å². The van der Waals surface area contributed by atoms with Crippen LogP contribution in [0.1, 0.15) is 26.3 Å². The number of nitrogens with one attached hydrogen (secondary N) is 2. The Balaban J connectivity index is 1.63. The maximum absolute atomic E-state index is 13.4. The standard InChI is InChI=1S/C27H24N2O5/c1-33-18-12-13-25(34-2)21(15-18)29-27(32)23(14-17-8-4-3-5-9-17)28-22-16-24(30)19-10-6-7-11-20(19)26(22)31/h3-13,15-16,23,28H,14H2,1-2H3,(H,29,32). The van der Waals surface area contributed by atoms with Crippen molar-refractivity contribution in [2.75, 3.05) is 19.5 Å². The highest BCUT2D eigenvalue weighted by molar-refractivity contribution is 6.24. The molecule has 0 spiro atoms. The van der Waals surface area contributed by atoms with Crippen LogP contribution in [-0.4, -0.2) is 37.7 Å². The number of anilines is 1. The fourth-order valence-electron chi connectivity index (χ4n) is 3.80. The van der Waals surface area contributed by atoms with Crippen molar-refractivity contribution in [3.8, 4) is 11.5 Å². The number of Topliss-reactive ketones (excluding diaryl/α,β-unsaturated/α-hetero) is 1. The summed E-state index contributed by atoms with van der Waals surface area (Å²) in [5.74, 6) is 0.00202. The van der Waals surface area contributed by atoms with E-state index < -0.39 is 11.9 Å². The van der Waals surface area contributed by atoms with Crippen LogP contribution >= 0.6 is 0 Å². The third-order valence-electron chi connectivity index (χ3n) is 5.55. The number of carbonyl (C=O) groups is 3. The quantitative estimate of drug-likeness (QED) is 0.536. The van der Waals surface area contributed by atoms with E-state index in [1.165, 1.54) is 20.3 Å². The second-order valence-corrected chi connectivity index (χ2v) is 7.74. The molecular formula is C27H24N2O5. The summed E-state index contributed by atoms with van der Waals surface area (Å²) in [6, 6.07) is 20.3. The number of hydrogen-bond donors (Lipinski definition) is 2. The highest BCUT2D eigenvalue weighted by atomic mass is 16.5. The van der Waals surface area contributed by atoms with Gasteiger partial charge in [-0.25, -0.2) is 0 Å². The van der Waals surface area contributed by atoms with Crippen LogP contribution in [0.25, 0.3) is 0 Å². The second-order valence-electron chi connectivity index (χ2n) is 7.74. The largest absolute Gasteiger partial charge is 0.497 e. The lowest BCUT2D eigenvalue weighted by Crippen LogP contribution is -2.44. The zero-order chi connectivity index (χ0) is 24.1. The molecule has 1 amide bonds. The summed E-state index contributed by atoms with van der Waals surface area (Å²) in [5.41, 5.74) is 2.06. The Morgan fingerprint density at radius 1 is 0.882 bits per heavy atom. The average Bonchev–Trinajstić information content (AvgIpc) is 2.87. The Hall–Kier alpha value is -4.39. The van der Waals surface area contributed by atoms with Crippen molar-refractivity contribution < 1.29 is 23.9 Å². The van der Waals surface area contributed by atoms with E-state index in [1.807, 2.05) is 30.3 Å². The normalized spacial score (nSPS) is 13.4. The molecule has 0 bridgehead atoms. The maximum Gasteiger partial charge on any atom is 0.247 e. The molecule has 7 heteroatoms. The molecule has 1 aliphatic carbocycles. The third kappa shape index (κ3) is 4.83. The molecule has 172 valence electrons. The average molecular weight is 456 g/mol. The molecule has 0 aliphatic heterocycles. The van der Waals surface area contributed by atoms with E-state index in [-0.39, 0.29) is 17.3 Å². The van der Waals surface area contributed by atoms with Crippen LogP contribution in [0.3, 0.4) is 0 Å². The van der Waals surface area contributed by atoms with Crippen molar-refractivity contribution in [3.05, 3.63) is 101 Å². The summed E-state index contributed by atoms with van der Waals surface area (Å²) in [5, 5.41) is 5.88. The van der Waals surface area contributed by atoms with Gasteiger partial charge in [-0.2, -0.15) is 0 Å². The number of rotatable bonds is 8. The molecule has 0 saturated heterocycles. The summed E-state index contributed by atoms with van der Waals surface area (Å²) in [7, 11) is 3.04. The summed E-state index contributed by atoms with van der Waals surface area (Å²) >= 11 is 0. The Morgan fingerprint density at radius 3 is 2.29 bits per heavy atom. The molecule has 34 heavy (non-hydrogen) atoms. The third-order valence-corrected chi connectivity index (χ3v) is 5.55. The summed E-state index contributed by atoms with van der Waals surface area (Å²) < 4.78 is 10.6. The number of ketones is 2. The molecule has 0 fully saturated rings. The zero-order valence-corrected chi connectivity index (χ0v) is 18.8. The Kier molecular flexibility index (Phi) is 6.73. The van der Waals surface area contributed by atoms with Crippen LogP contribution < -0.4 is 20.1 Å². The number of hydrogen-bond acceptors (Lipinski definition) is 6. The van der Waals surface area contributed by atoms with Crippen molar-refractivity contribution in [1.29, 1.82) is 0 Å². The van der Waals surface area contributed by atoms with Gasteiger partial charge in [0.05, 0.1) is 25.6 Å². The van der Waals surface area contributed by atoms with E-state index in [0.717, 1.165) is 5.56 Å². The minimum absolute atomic E-state index is 0.0809. The number of fused-ring (bicyclic) bond motifs is 1. The molecule has 0 radical (unpaired) electrons. The van der Waals surface area contributed by atoms with Gasteiger partial charge in [-0.3, -0.25) is 14.4 Å². The van der Waals surface area contributed by atoms with Crippen molar-refractivity contribution >= 4 is 23.2 Å². The fourth-order valence-corrected chi connectivity index (χ4v) is 3.80. The molecule has 1 aliphatic rings. The molecule has 0 heterocycles. The summed E-state index contributed by atoms with van der Waals surface area (Å²) in [6.45, 7) is 0. The Labute approximate surface area is 197 Å². The Bertz CT molecular complexity index is 1270. The molecule has 4 rings (SSSR count). The first-order valence-corrected chi connectivity index (χ1v) is 10.7. The fraction of sp³-hybridized carbons (Fsp3) is 0.148. The van der Waals surface area contributed by atoms with Gasteiger partial charge in [-0.15, -0.1) is 0 Å². The summed E-state index contributed by atoms with van der Waals surface area (Å²) in [6.07, 6.45) is 1.54. The van der Waals surface area contributed by atoms with Crippen molar-refractivity contribution in [1.82, 2.24) is 5.32 Å². The first kappa shape index (κ1) is 22.8. The van der Waals surface area contributed by atoms with Gasteiger partial charge in [-0.1, -0.05) is 54.6 Å². The molecule has 2 N–H and O–H groups in total. The SMILES string of the molecule is COc1ccc(OC)c(NC(=O)C(Cc2ccccc2)NC2=CC(=O)c3ccccc3C2=O)c1. The van der Waals surface area contributed by atoms with Gasteiger partial charge in [0.25, 0.3) is 0 Å². The zero-order valence-electron chi connectivity index (χ0n) is 18.8. The van der Waals surface area contributed by atoms with Crippen molar-refractivity contribution in [2.45, 2.75) is 12.5 Å². The van der Waals surface area contributed by atoms with Crippen LogP contribution in [0.4, 0.5) is 5.69 Å². The lowest BCUT2D eigenvalue weighted by Gasteiger charge is -2.23. The number of benzene rings is 3. The molecule has 0 saturated carbocycles. The van der Waals surface area contributed by atoms with Crippen LogP contribution in [-0.2, 0) is 11.2 Å². The van der Waals surface area contributed by atoms with Crippen molar-refractivity contribution in [3.63, 3.8) is 0 Å². The molecule has 3 aromatic rings. The van der Waals surface area contributed by atoms with E-state index >= 15 is 0 Å². The van der Waals surface area contributed by atoms with Crippen LogP contribution in [0.2, 0.25) is 0 Å². The predicted octanol–water partition coefficient (Wildman–Crippen LogP) is 3.81. The van der Waals surface area contributed by atoms with Crippen LogP contribution in [0.5, 0.6) is 11.5 Å². The van der Waals surface area contributed by atoms with E-state index in [0.29, 0.717) is 34.7 Å². The van der Waals surface area contributed by atoms with E-state index in [9.17, 15) is 14.4 Å². The lowest BCUT2D eigenvalue weighted by atomic mass is 9.92. The predicted molar refractivity (Wildman–Crippen MR) is 128 cm³/mol. The smallest absolute Gasteiger partial charge is 0.247 e. The topological polar surface area (TPSA) is 93.7 Å². The molecular weight excluding hydrogens is 432 g/mol. The second kappa shape index (κ2) is 10.0. The molecule has 7 nitrogen and oxygen atoms in total. The highest BCUT2D eigenvalue weighted by Gasteiger charge is 2.29. The maximum atomic E-state index is 13.4. The van der Waals surface area contributed by atoms with Gasteiger partial charge in [0.2, 0.25) is 11.7 Å². The van der Waals surface area contributed by atoms with Gasteiger partial charge >= 0.3 is 0 Å². The number of methoxy groups -OCH3 is 2. The number of amides is 1. The molecule has 1 unspecified atom stereocenters. The van der Waals surface area contributed by atoms with Gasteiger partial charge < -0.3 is 20.1 Å². The van der Waals surface area contributed by atoms with E-state index in [1.54, 1.807) is 42.5 Å². The number of allylic oxidation sites excluding steroid dienone is 2. The van der Waals surface area contributed by atoms with Crippen LogP contribution in [0, 0.1) is 0 Å². The first-order valence-electron chi connectivity index (χ1n) is 10.7. The first-order chi connectivity index (χ1) is 16.5. The van der Waals surface area contributed by atoms with Gasteiger partial charge in [0.15, 0.2) is 5.78 Å². The molecule has 3 aromatic carbocycles. The molecule has 1 atom stereocenters. The van der Waals surface area contributed by atoms with E-state index in [4.69, 9.17) is 9.47 Å². The number of carbonyl (C=O) groups excluding carboxylic acids is 3. The minimum atomic E-state index is -0.841. The van der Waals surface area contributed by atoms with E-state index in [2.05, 4.69) is 10.6 Å². The highest BCUT2D eigenvalue weighted by Crippen LogP contribution is 2.29.